The maximum absolute atomic E-state index is 12.6. The zero-order chi connectivity index (χ0) is 17.6. The molecule has 0 radical (unpaired) electrons. The van der Waals surface area contributed by atoms with E-state index in [0.717, 1.165) is 22.3 Å². The lowest BCUT2D eigenvalue weighted by Gasteiger charge is -2.32. The number of nitrogens with zero attached hydrogens (tertiary/aromatic N) is 1. The minimum Gasteiger partial charge on any atom is -0.478 e. The van der Waals surface area contributed by atoms with E-state index in [1.165, 1.54) is 0 Å². The summed E-state index contributed by atoms with van der Waals surface area (Å²) in [5.41, 5.74) is 2.49. The normalized spacial score (nSPS) is 14.6. The monoisotopic (exact) mass is 355 g/mol. The van der Waals surface area contributed by atoms with Crippen LogP contribution in [0.3, 0.4) is 0 Å². The number of benzene rings is 2. The van der Waals surface area contributed by atoms with Gasteiger partial charge in [0.2, 0.25) is 0 Å². The Morgan fingerprint density at radius 1 is 1.12 bits per heavy atom. The molecule has 0 fully saturated rings. The predicted molar refractivity (Wildman–Crippen MR) is 99.1 cm³/mol. The fraction of sp³-hybridized carbons (Fsp3) is 0.250. The second-order valence-electron chi connectivity index (χ2n) is 6.53. The third-order valence-electron chi connectivity index (χ3n) is 4.60. The Morgan fingerprint density at radius 3 is 2.60 bits per heavy atom. The molecule has 1 aromatic heterocycles. The van der Waals surface area contributed by atoms with Crippen LogP contribution in [0.15, 0.2) is 51.7 Å². The standard InChI is InChI=1S/C20H18ClNO3/c1-12(2)22-10-17-18(24-11-22)8-5-14-9-16(20(23)25-19(14)17)13-3-6-15(21)7-4-13/h3-9,12H,10-11H2,1-2H3. The van der Waals surface area contributed by atoms with Crippen LogP contribution in [0.2, 0.25) is 5.02 Å². The number of hydrogen-bond acceptors (Lipinski definition) is 4. The topological polar surface area (TPSA) is 42.7 Å². The van der Waals surface area contributed by atoms with Crippen molar-refractivity contribution in [1.82, 2.24) is 4.90 Å². The summed E-state index contributed by atoms with van der Waals surface area (Å²) in [7, 11) is 0. The van der Waals surface area contributed by atoms with Crippen LogP contribution in [0.4, 0.5) is 0 Å². The summed E-state index contributed by atoms with van der Waals surface area (Å²) >= 11 is 5.93. The molecule has 4 rings (SSSR count). The van der Waals surface area contributed by atoms with Crippen LogP contribution in [-0.4, -0.2) is 17.7 Å². The first-order valence-electron chi connectivity index (χ1n) is 8.25. The SMILES string of the molecule is CC(C)N1COc2ccc3cc(-c4ccc(Cl)cc4)c(=O)oc3c2C1. The van der Waals surface area contributed by atoms with E-state index in [-0.39, 0.29) is 5.63 Å². The van der Waals surface area contributed by atoms with Gasteiger partial charge in [-0.2, -0.15) is 0 Å². The molecule has 0 atom stereocenters. The molecule has 0 N–H and O–H groups in total. The van der Waals surface area contributed by atoms with Gasteiger partial charge in [0.15, 0.2) is 0 Å². The quantitative estimate of drug-likeness (QED) is 0.626. The molecule has 0 aliphatic carbocycles. The van der Waals surface area contributed by atoms with Crippen molar-refractivity contribution in [2.24, 2.45) is 0 Å². The molecule has 0 bridgehead atoms. The Balaban J connectivity index is 1.86. The molecule has 5 heteroatoms. The Hall–Kier alpha value is -2.30. The van der Waals surface area contributed by atoms with Crippen LogP contribution in [0.5, 0.6) is 5.75 Å². The smallest absolute Gasteiger partial charge is 0.344 e. The van der Waals surface area contributed by atoms with E-state index in [2.05, 4.69) is 18.7 Å². The molecule has 0 spiro atoms. The lowest BCUT2D eigenvalue weighted by Crippen LogP contribution is -2.37. The van der Waals surface area contributed by atoms with Crippen LogP contribution in [-0.2, 0) is 6.54 Å². The fourth-order valence-corrected chi connectivity index (χ4v) is 3.20. The summed E-state index contributed by atoms with van der Waals surface area (Å²) in [6.07, 6.45) is 0. The Morgan fingerprint density at radius 2 is 1.88 bits per heavy atom. The molecule has 1 aliphatic heterocycles. The highest BCUT2D eigenvalue weighted by molar-refractivity contribution is 6.30. The van der Waals surface area contributed by atoms with Crippen molar-refractivity contribution < 1.29 is 9.15 Å². The minimum absolute atomic E-state index is 0.350. The van der Waals surface area contributed by atoms with Gasteiger partial charge >= 0.3 is 5.63 Å². The van der Waals surface area contributed by atoms with Crippen LogP contribution in [0.25, 0.3) is 22.1 Å². The molecule has 0 saturated heterocycles. The van der Waals surface area contributed by atoms with Gasteiger partial charge in [-0.1, -0.05) is 23.7 Å². The van der Waals surface area contributed by atoms with E-state index >= 15 is 0 Å². The Kier molecular flexibility index (Phi) is 4.02. The van der Waals surface area contributed by atoms with Gasteiger partial charge in [0.05, 0.1) is 11.1 Å². The highest BCUT2D eigenvalue weighted by Gasteiger charge is 2.23. The molecule has 0 saturated carbocycles. The summed E-state index contributed by atoms with van der Waals surface area (Å²) in [6, 6.07) is 13.3. The van der Waals surface area contributed by atoms with Crippen LogP contribution in [0.1, 0.15) is 19.4 Å². The zero-order valence-electron chi connectivity index (χ0n) is 14.1. The zero-order valence-corrected chi connectivity index (χ0v) is 14.8. The van der Waals surface area contributed by atoms with Gasteiger partial charge < -0.3 is 9.15 Å². The van der Waals surface area contributed by atoms with Crippen molar-refractivity contribution in [3.63, 3.8) is 0 Å². The van der Waals surface area contributed by atoms with Crippen molar-refractivity contribution in [1.29, 1.82) is 0 Å². The molecular weight excluding hydrogens is 338 g/mol. The molecular formula is C20H18ClNO3. The molecule has 1 aliphatic rings. The number of rotatable bonds is 2. The molecule has 2 heterocycles. The lowest BCUT2D eigenvalue weighted by molar-refractivity contribution is 0.0689. The van der Waals surface area contributed by atoms with Gasteiger partial charge in [0.25, 0.3) is 0 Å². The van der Waals surface area contributed by atoms with E-state index in [0.29, 0.717) is 35.5 Å². The molecule has 0 unspecified atom stereocenters. The fourth-order valence-electron chi connectivity index (χ4n) is 3.07. The Labute approximate surface area is 150 Å². The number of hydrogen-bond donors (Lipinski definition) is 0. The van der Waals surface area contributed by atoms with E-state index in [1.54, 1.807) is 12.1 Å². The maximum Gasteiger partial charge on any atom is 0.344 e. The first-order valence-corrected chi connectivity index (χ1v) is 8.63. The van der Waals surface area contributed by atoms with Gasteiger partial charge in [0.1, 0.15) is 18.1 Å². The third kappa shape index (κ3) is 2.92. The molecule has 25 heavy (non-hydrogen) atoms. The summed E-state index contributed by atoms with van der Waals surface area (Å²) in [6.45, 7) is 5.49. The van der Waals surface area contributed by atoms with Crippen LogP contribution >= 0.6 is 11.6 Å². The van der Waals surface area contributed by atoms with E-state index in [4.69, 9.17) is 20.8 Å². The summed E-state index contributed by atoms with van der Waals surface area (Å²) in [5, 5.41) is 1.52. The third-order valence-corrected chi connectivity index (χ3v) is 4.85. The van der Waals surface area contributed by atoms with Gasteiger partial charge in [-0.25, -0.2) is 4.79 Å². The molecule has 2 aromatic carbocycles. The summed E-state index contributed by atoms with van der Waals surface area (Å²) in [5.74, 6) is 0.784. The van der Waals surface area contributed by atoms with Crippen molar-refractivity contribution in [2.45, 2.75) is 26.4 Å². The van der Waals surface area contributed by atoms with Crippen LogP contribution in [0, 0.1) is 0 Å². The molecule has 4 nitrogen and oxygen atoms in total. The van der Waals surface area contributed by atoms with Gasteiger partial charge in [0, 0.05) is 23.0 Å². The lowest BCUT2D eigenvalue weighted by atomic mass is 10.0. The van der Waals surface area contributed by atoms with Crippen LogP contribution < -0.4 is 10.4 Å². The van der Waals surface area contributed by atoms with E-state index in [1.807, 2.05) is 30.3 Å². The predicted octanol–water partition coefficient (Wildman–Crippen LogP) is 4.67. The van der Waals surface area contributed by atoms with Gasteiger partial charge in [-0.05, 0) is 49.7 Å². The first kappa shape index (κ1) is 16.2. The summed E-state index contributed by atoms with van der Waals surface area (Å²) in [4.78, 5) is 14.8. The Bertz CT molecular complexity index is 992. The second-order valence-corrected chi connectivity index (χ2v) is 6.97. The molecule has 3 aromatic rings. The minimum atomic E-state index is -0.357. The van der Waals surface area contributed by atoms with E-state index in [9.17, 15) is 4.79 Å². The number of halogens is 1. The summed E-state index contributed by atoms with van der Waals surface area (Å²) < 4.78 is 11.5. The van der Waals surface area contributed by atoms with E-state index < -0.39 is 0 Å². The van der Waals surface area contributed by atoms with Crippen molar-refractivity contribution in [3.05, 3.63) is 63.5 Å². The van der Waals surface area contributed by atoms with Crippen molar-refractivity contribution in [3.8, 4) is 16.9 Å². The molecule has 0 amide bonds. The van der Waals surface area contributed by atoms with Crippen molar-refractivity contribution >= 4 is 22.6 Å². The highest BCUT2D eigenvalue weighted by Crippen LogP contribution is 2.33. The van der Waals surface area contributed by atoms with Crippen molar-refractivity contribution in [2.75, 3.05) is 6.73 Å². The van der Waals surface area contributed by atoms with Gasteiger partial charge in [-0.15, -0.1) is 0 Å². The largest absolute Gasteiger partial charge is 0.478 e. The maximum atomic E-state index is 12.6. The number of fused-ring (bicyclic) bond motifs is 3. The van der Waals surface area contributed by atoms with Gasteiger partial charge in [-0.3, -0.25) is 4.90 Å². The second kappa shape index (κ2) is 6.21. The highest BCUT2D eigenvalue weighted by atomic mass is 35.5. The average Bonchev–Trinajstić information content (AvgIpc) is 2.61. The average molecular weight is 356 g/mol. The number of ether oxygens (including phenoxy) is 1. The molecule has 128 valence electrons. The first-order chi connectivity index (χ1) is 12.0.